The van der Waals surface area contributed by atoms with Crippen LogP contribution >= 0.6 is 0 Å². The molecule has 1 unspecified atom stereocenters. The average Bonchev–Trinajstić information content (AvgIpc) is 2.22. The van der Waals surface area contributed by atoms with Gasteiger partial charge in [0.2, 0.25) is 0 Å². The van der Waals surface area contributed by atoms with Crippen LogP contribution in [0, 0.1) is 23.3 Å². The van der Waals surface area contributed by atoms with Crippen LogP contribution in [0.5, 0.6) is 0 Å². The Kier molecular flexibility index (Phi) is 3.68. The van der Waals surface area contributed by atoms with E-state index in [1.54, 1.807) is 6.92 Å². The van der Waals surface area contributed by atoms with E-state index in [1.807, 2.05) is 0 Å². The van der Waals surface area contributed by atoms with Gasteiger partial charge in [0.25, 0.3) is 0 Å². The normalized spacial score (nSPS) is 12.9. The number of rotatable bonds is 3. The van der Waals surface area contributed by atoms with Gasteiger partial charge >= 0.3 is 0 Å². The number of nitrogens with two attached hydrogens (primary N) is 1. The summed E-state index contributed by atoms with van der Waals surface area (Å²) in [6.45, 7) is 1.76. The van der Waals surface area contributed by atoms with Crippen LogP contribution in [-0.4, -0.2) is 6.04 Å². The summed E-state index contributed by atoms with van der Waals surface area (Å²) in [5.74, 6) is -6.33. The molecule has 1 nitrogen and oxygen atoms in total. The Hall–Kier alpha value is -1.10. The highest BCUT2D eigenvalue weighted by Crippen LogP contribution is 2.19. The monoisotopic (exact) mass is 221 g/mol. The number of benzene rings is 1. The maximum Gasteiger partial charge on any atom is 0.197 e. The smallest absolute Gasteiger partial charge is 0.197 e. The van der Waals surface area contributed by atoms with Crippen LogP contribution in [0.15, 0.2) is 6.07 Å². The quantitative estimate of drug-likeness (QED) is 0.473. The number of halogens is 4. The zero-order chi connectivity index (χ0) is 11.6. The summed E-state index contributed by atoms with van der Waals surface area (Å²) in [4.78, 5) is 0. The Morgan fingerprint density at radius 2 is 1.73 bits per heavy atom. The summed E-state index contributed by atoms with van der Waals surface area (Å²) < 4.78 is 51.2. The number of hydrogen-bond acceptors (Lipinski definition) is 1. The van der Waals surface area contributed by atoms with Crippen molar-refractivity contribution in [3.63, 3.8) is 0 Å². The van der Waals surface area contributed by atoms with E-state index in [0.29, 0.717) is 12.5 Å². The lowest BCUT2D eigenvalue weighted by Crippen LogP contribution is -2.22. The molecule has 0 amide bonds. The van der Waals surface area contributed by atoms with Gasteiger partial charge in [0.1, 0.15) is 0 Å². The summed E-state index contributed by atoms with van der Waals surface area (Å²) in [7, 11) is 0. The fraction of sp³-hybridized carbons (Fsp3) is 0.400. The minimum Gasteiger partial charge on any atom is -0.327 e. The molecule has 0 heterocycles. The van der Waals surface area contributed by atoms with Crippen molar-refractivity contribution in [2.24, 2.45) is 5.73 Å². The first-order chi connectivity index (χ1) is 6.97. The molecule has 0 spiro atoms. The predicted octanol–water partition coefficient (Wildman–Crippen LogP) is 2.52. The molecule has 0 fully saturated rings. The molecule has 0 radical (unpaired) electrons. The minimum atomic E-state index is -1.79. The van der Waals surface area contributed by atoms with Crippen molar-refractivity contribution in [3.8, 4) is 0 Å². The van der Waals surface area contributed by atoms with E-state index in [2.05, 4.69) is 0 Å². The van der Waals surface area contributed by atoms with Crippen LogP contribution in [0.3, 0.4) is 0 Å². The molecule has 0 aliphatic rings. The second-order valence-electron chi connectivity index (χ2n) is 3.33. The van der Waals surface area contributed by atoms with Gasteiger partial charge in [0.05, 0.1) is 0 Å². The largest absolute Gasteiger partial charge is 0.327 e. The molecule has 1 aromatic carbocycles. The first kappa shape index (κ1) is 12.0. The van der Waals surface area contributed by atoms with Gasteiger partial charge < -0.3 is 5.73 Å². The molecule has 1 rings (SSSR count). The lowest BCUT2D eigenvalue weighted by Gasteiger charge is -2.10. The van der Waals surface area contributed by atoms with Gasteiger partial charge in [-0.3, -0.25) is 0 Å². The Morgan fingerprint density at radius 1 is 1.13 bits per heavy atom. The van der Waals surface area contributed by atoms with Crippen LogP contribution in [0.25, 0.3) is 0 Å². The zero-order valence-electron chi connectivity index (χ0n) is 8.16. The fourth-order valence-electron chi connectivity index (χ4n) is 1.20. The molecule has 0 saturated carbocycles. The molecule has 2 N–H and O–H groups in total. The van der Waals surface area contributed by atoms with Crippen molar-refractivity contribution in [1.29, 1.82) is 0 Å². The molecule has 84 valence electrons. The predicted molar refractivity (Wildman–Crippen MR) is 48.2 cm³/mol. The first-order valence-corrected chi connectivity index (χ1v) is 4.54. The van der Waals surface area contributed by atoms with E-state index in [-0.39, 0.29) is 12.0 Å². The van der Waals surface area contributed by atoms with Gasteiger partial charge in [-0.1, -0.05) is 6.92 Å². The molecular formula is C10H11F4N. The summed E-state index contributed by atoms with van der Waals surface area (Å²) in [5.41, 5.74) is 5.27. The SMILES string of the molecule is CCC(N)Cc1cc(F)c(F)c(F)c1F. The molecule has 1 atom stereocenters. The molecular weight excluding hydrogens is 210 g/mol. The standard InChI is InChI=1S/C10H11F4N/c1-2-6(15)3-5-4-7(11)9(13)10(14)8(5)12/h4,6H,2-3,15H2,1H3. The molecule has 0 saturated heterocycles. The van der Waals surface area contributed by atoms with Crippen LogP contribution in [0.4, 0.5) is 17.6 Å². The highest BCUT2D eigenvalue weighted by atomic mass is 19.2. The van der Waals surface area contributed by atoms with E-state index < -0.39 is 29.3 Å². The van der Waals surface area contributed by atoms with Crippen molar-refractivity contribution in [2.75, 3.05) is 0 Å². The summed E-state index contributed by atoms with van der Waals surface area (Å²) in [6.07, 6.45) is 0.524. The third-order valence-corrected chi connectivity index (χ3v) is 2.18. The molecule has 5 heteroatoms. The maximum absolute atomic E-state index is 13.1. The second kappa shape index (κ2) is 4.61. The van der Waals surface area contributed by atoms with Gasteiger partial charge in [-0.2, -0.15) is 0 Å². The van der Waals surface area contributed by atoms with E-state index in [0.717, 1.165) is 0 Å². The Balaban J connectivity index is 3.09. The van der Waals surface area contributed by atoms with Crippen molar-refractivity contribution >= 4 is 0 Å². The summed E-state index contributed by atoms with van der Waals surface area (Å²) in [6, 6.07) is 0.243. The van der Waals surface area contributed by atoms with Gasteiger partial charge in [0.15, 0.2) is 23.3 Å². The molecule has 0 aromatic heterocycles. The van der Waals surface area contributed by atoms with E-state index >= 15 is 0 Å². The fourth-order valence-corrected chi connectivity index (χ4v) is 1.20. The van der Waals surface area contributed by atoms with E-state index in [4.69, 9.17) is 5.73 Å². The van der Waals surface area contributed by atoms with Gasteiger partial charge in [-0.25, -0.2) is 17.6 Å². The number of hydrogen-bond donors (Lipinski definition) is 1. The highest BCUT2D eigenvalue weighted by molar-refractivity contribution is 5.22. The third kappa shape index (κ3) is 2.47. The van der Waals surface area contributed by atoms with Crippen LogP contribution in [0.1, 0.15) is 18.9 Å². The third-order valence-electron chi connectivity index (χ3n) is 2.18. The Labute approximate surface area is 84.9 Å². The van der Waals surface area contributed by atoms with Gasteiger partial charge in [-0.15, -0.1) is 0 Å². The van der Waals surface area contributed by atoms with Crippen molar-refractivity contribution < 1.29 is 17.6 Å². The van der Waals surface area contributed by atoms with Crippen LogP contribution < -0.4 is 5.73 Å². The molecule has 1 aromatic rings. The van der Waals surface area contributed by atoms with Gasteiger partial charge in [0, 0.05) is 6.04 Å². The van der Waals surface area contributed by atoms with Crippen LogP contribution in [0.2, 0.25) is 0 Å². The van der Waals surface area contributed by atoms with E-state index in [1.165, 1.54) is 0 Å². The minimum absolute atomic E-state index is 0.0174. The topological polar surface area (TPSA) is 26.0 Å². The highest BCUT2D eigenvalue weighted by Gasteiger charge is 2.19. The van der Waals surface area contributed by atoms with E-state index in [9.17, 15) is 17.6 Å². The first-order valence-electron chi connectivity index (χ1n) is 4.54. The Morgan fingerprint density at radius 3 is 2.27 bits per heavy atom. The average molecular weight is 221 g/mol. The maximum atomic E-state index is 13.1. The van der Waals surface area contributed by atoms with Crippen LogP contribution in [-0.2, 0) is 6.42 Å². The lowest BCUT2D eigenvalue weighted by molar-refractivity contribution is 0.401. The van der Waals surface area contributed by atoms with Crippen molar-refractivity contribution in [2.45, 2.75) is 25.8 Å². The van der Waals surface area contributed by atoms with Gasteiger partial charge in [-0.05, 0) is 24.5 Å². The van der Waals surface area contributed by atoms with Crippen molar-refractivity contribution in [1.82, 2.24) is 0 Å². The molecule has 0 bridgehead atoms. The zero-order valence-corrected chi connectivity index (χ0v) is 8.16. The summed E-state index contributed by atoms with van der Waals surface area (Å²) in [5, 5.41) is 0. The summed E-state index contributed by atoms with van der Waals surface area (Å²) >= 11 is 0. The van der Waals surface area contributed by atoms with Crippen molar-refractivity contribution in [3.05, 3.63) is 34.9 Å². The molecule has 0 aliphatic carbocycles. The second-order valence-corrected chi connectivity index (χ2v) is 3.33. The lowest BCUT2D eigenvalue weighted by atomic mass is 10.0. The molecule has 0 aliphatic heterocycles. The molecule has 15 heavy (non-hydrogen) atoms. The Bertz CT molecular complexity index is 365.